The average Bonchev–Trinajstić information content (AvgIpc) is 3.39. The highest BCUT2D eigenvalue weighted by Gasteiger charge is 2.53. The average molecular weight is 533 g/mol. The fourth-order valence-electron chi connectivity index (χ4n) is 10.2. The molecule has 202 valence electrons. The first-order valence-electron chi connectivity index (χ1n) is 16.3. The van der Waals surface area contributed by atoms with Crippen LogP contribution in [0.5, 0.6) is 0 Å². The second kappa shape index (κ2) is 10.4. The Kier molecular flexibility index (Phi) is 6.64. The van der Waals surface area contributed by atoms with Gasteiger partial charge in [-0.2, -0.15) is 0 Å². The van der Waals surface area contributed by atoms with E-state index in [1.54, 1.807) is 21.6 Å². The molecule has 7 aliphatic rings. The molecule has 8 atom stereocenters. The van der Waals surface area contributed by atoms with E-state index in [4.69, 9.17) is 0 Å². The van der Waals surface area contributed by atoms with Crippen molar-refractivity contribution in [3.8, 4) is 0 Å². The van der Waals surface area contributed by atoms with E-state index in [2.05, 4.69) is 90.7 Å². The zero-order valence-corrected chi connectivity index (χ0v) is 24.2. The van der Waals surface area contributed by atoms with Gasteiger partial charge in [-0.15, -0.1) is 11.8 Å². The minimum Gasteiger partial charge on any atom is -0.118 e. The summed E-state index contributed by atoms with van der Waals surface area (Å²) in [4.78, 5) is 1.61. The van der Waals surface area contributed by atoms with E-state index in [9.17, 15) is 0 Å². The number of rotatable bonds is 3. The topological polar surface area (TPSA) is 0 Å². The SMILES string of the molecule is C1=CCC2C(=C1)C(c1cccc(C3CCCCC3)c1)C1CCCCC1C2C1CC=CC2=C1C1C=CC=CC1S2. The van der Waals surface area contributed by atoms with Gasteiger partial charge in [0.1, 0.15) is 0 Å². The molecule has 0 aromatic heterocycles. The highest BCUT2D eigenvalue weighted by molar-refractivity contribution is 8.04. The van der Waals surface area contributed by atoms with Gasteiger partial charge in [0.25, 0.3) is 0 Å². The van der Waals surface area contributed by atoms with Crippen LogP contribution in [-0.2, 0) is 0 Å². The molecule has 1 aliphatic heterocycles. The van der Waals surface area contributed by atoms with Crippen molar-refractivity contribution in [3.05, 3.63) is 106 Å². The molecule has 1 heterocycles. The normalized spacial score (nSPS) is 39.1. The van der Waals surface area contributed by atoms with Crippen molar-refractivity contribution in [1.29, 1.82) is 0 Å². The van der Waals surface area contributed by atoms with Crippen molar-refractivity contribution in [1.82, 2.24) is 0 Å². The molecule has 0 spiro atoms. The first-order chi connectivity index (χ1) is 19.4. The third kappa shape index (κ3) is 4.25. The quantitative estimate of drug-likeness (QED) is 0.373. The molecular weight excluding hydrogens is 488 g/mol. The zero-order chi connectivity index (χ0) is 25.8. The van der Waals surface area contributed by atoms with Crippen molar-refractivity contribution in [3.63, 3.8) is 0 Å². The Hall–Kier alpha value is -1.99. The van der Waals surface area contributed by atoms with Gasteiger partial charge in [0.2, 0.25) is 0 Å². The first-order valence-corrected chi connectivity index (χ1v) is 17.1. The van der Waals surface area contributed by atoms with E-state index in [-0.39, 0.29) is 0 Å². The zero-order valence-electron chi connectivity index (χ0n) is 23.4. The summed E-state index contributed by atoms with van der Waals surface area (Å²) in [7, 11) is 0. The molecular formula is C38H44S. The molecule has 0 bridgehead atoms. The lowest BCUT2D eigenvalue weighted by Gasteiger charge is -2.55. The van der Waals surface area contributed by atoms with Crippen LogP contribution in [0.2, 0.25) is 0 Å². The van der Waals surface area contributed by atoms with Gasteiger partial charge in [0.05, 0.1) is 0 Å². The maximum absolute atomic E-state index is 2.68. The molecule has 8 rings (SSSR count). The van der Waals surface area contributed by atoms with Gasteiger partial charge in [-0.25, -0.2) is 0 Å². The molecule has 0 N–H and O–H groups in total. The van der Waals surface area contributed by atoms with Crippen molar-refractivity contribution < 1.29 is 0 Å². The first kappa shape index (κ1) is 24.8. The monoisotopic (exact) mass is 532 g/mol. The Bertz CT molecular complexity index is 1280. The lowest BCUT2D eigenvalue weighted by Crippen LogP contribution is -2.47. The lowest BCUT2D eigenvalue weighted by molar-refractivity contribution is 0.0434. The molecule has 3 fully saturated rings. The molecule has 8 unspecified atom stereocenters. The predicted octanol–water partition coefficient (Wildman–Crippen LogP) is 10.4. The Morgan fingerprint density at radius 1 is 0.718 bits per heavy atom. The Labute approximate surface area is 240 Å². The van der Waals surface area contributed by atoms with Gasteiger partial charge in [-0.1, -0.05) is 117 Å². The molecule has 39 heavy (non-hydrogen) atoms. The molecule has 1 aromatic carbocycles. The van der Waals surface area contributed by atoms with E-state index in [1.807, 2.05) is 5.57 Å². The fraction of sp³-hybridized carbons (Fsp3) is 0.526. The van der Waals surface area contributed by atoms with Gasteiger partial charge in [0, 0.05) is 22.0 Å². The van der Waals surface area contributed by atoms with Crippen LogP contribution in [-0.4, -0.2) is 5.25 Å². The smallest absolute Gasteiger partial charge is 0.0378 e. The van der Waals surface area contributed by atoms with Crippen LogP contribution < -0.4 is 0 Å². The predicted molar refractivity (Wildman–Crippen MR) is 167 cm³/mol. The van der Waals surface area contributed by atoms with Gasteiger partial charge in [-0.3, -0.25) is 0 Å². The number of allylic oxidation sites excluding steroid dienone is 10. The number of thioether (sulfide) groups is 1. The molecule has 3 saturated carbocycles. The maximum Gasteiger partial charge on any atom is 0.0378 e. The third-order valence-corrected chi connectivity index (χ3v) is 13.1. The van der Waals surface area contributed by atoms with Crippen LogP contribution in [0, 0.1) is 35.5 Å². The van der Waals surface area contributed by atoms with Gasteiger partial charge < -0.3 is 0 Å². The summed E-state index contributed by atoms with van der Waals surface area (Å²) in [6.07, 6.45) is 37.4. The Morgan fingerprint density at radius 2 is 1.51 bits per heavy atom. The minimum atomic E-state index is 0.614. The van der Waals surface area contributed by atoms with E-state index in [0.29, 0.717) is 28.9 Å². The van der Waals surface area contributed by atoms with Crippen LogP contribution >= 0.6 is 11.8 Å². The highest BCUT2D eigenvalue weighted by atomic mass is 32.2. The molecule has 1 aromatic rings. The molecule has 0 radical (unpaired) electrons. The number of fused-ring (bicyclic) bond motifs is 4. The summed E-state index contributed by atoms with van der Waals surface area (Å²) in [5.74, 6) is 5.90. The van der Waals surface area contributed by atoms with E-state index in [0.717, 1.165) is 23.7 Å². The number of hydrogen-bond donors (Lipinski definition) is 0. The van der Waals surface area contributed by atoms with Crippen LogP contribution in [0.25, 0.3) is 0 Å². The standard InChI is InChI=1S/C38H44S/c1-2-12-25(13-3-1)26-14-10-15-27(24-26)36-28-16-4-6-18-30(28)37(31-19-7-5-17-29(31)36)33-21-11-23-35-38(33)32-20-8-9-22-34(32)39-35/h4,6,8-11,14-16,20,22-25,29-34,36-37H,1-3,5,7,12-13,17-19,21H2. The van der Waals surface area contributed by atoms with Crippen molar-refractivity contribution >= 4 is 11.8 Å². The van der Waals surface area contributed by atoms with Gasteiger partial charge in [0.15, 0.2) is 0 Å². The molecule has 6 aliphatic carbocycles. The van der Waals surface area contributed by atoms with E-state index >= 15 is 0 Å². The van der Waals surface area contributed by atoms with Crippen LogP contribution in [0.1, 0.15) is 93.6 Å². The van der Waals surface area contributed by atoms with Crippen LogP contribution in [0.3, 0.4) is 0 Å². The summed E-state index contributed by atoms with van der Waals surface area (Å²) in [6, 6.07) is 10.1. The lowest BCUT2D eigenvalue weighted by atomic mass is 9.49. The van der Waals surface area contributed by atoms with Crippen LogP contribution in [0.15, 0.2) is 95.0 Å². The van der Waals surface area contributed by atoms with E-state index in [1.165, 1.54) is 70.6 Å². The summed E-state index contributed by atoms with van der Waals surface area (Å²) in [6.45, 7) is 0. The van der Waals surface area contributed by atoms with Crippen molar-refractivity contribution in [2.24, 2.45) is 35.5 Å². The number of hydrogen-bond acceptors (Lipinski definition) is 1. The van der Waals surface area contributed by atoms with Crippen molar-refractivity contribution in [2.45, 2.75) is 87.7 Å². The van der Waals surface area contributed by atoms with Gasteiger partial charge >= 0.3 is 0 Å². The summed E-state index contributed by atoms with van der Waals surface area (Å²) >= 11 is 2.14. The molecule has 0 amide bonds. The number of benzene rings is 1. The fourth-order valence-corrected chi connectivity index (χ4v) is 11.6. The largest absolute Gasteiger partial charge is 0.118 e. The van der Waals surface area contributed by atoms with Crippen molar-refractivity contribution in [2.75, 3.05) is 0 Å². The second-order valence-corrected chi connectivity index (χ2v) is 14.8. The molecule has 0 saturated heterocycles. The summed E-state index contributed by atoms with van der Waals surface area (Å²) in [5.41, 5.74) is 6.90. The van der Waals surface area contributed by atoms with Gasteiger partial charge in [-0.05, 0) is 90.7 Å². The molecule has 1 heteroatoms. The Balaban J connectivity index is 1.19. The Morgan fingerprint density at radius 3 is 2.44 bits per heavy atom. The minimum absolute atomic E-state index is 0.614. The highest BCUT2D eigenvalue weighted by Crippen LogP contribution is 2.63. The van der Waals surface area contributed by atoms with E-state index < -0.39 is 0 Å². The summed E-state index contributed by atoms with van der Waals surface area (Å²) in [5, 5.41) is 0.618. The van der Waals surface area contributed by atoms with Crippen LogP contribution in [0.4, 0.5) is 0 Å². The summed E-state index contributed by atoms with van der Waals surface area (Å²) < 4.78 is 0. The third-order valence-electron chi connectivity index (χ3n) is 11.7. The maximum atomic E-state index is 2.68. The molecule has 0 nitrogen and oxygen atoms in total. The second-order valence-electron chi connectivity index (χ2n) is 13.6.